The van der Waals surface area contributed by atoms with Gasteiger partial charge in [0.2, 0.25) is 5.91 Å². The van der Waals surface area contributed by atoms with Gasteiger partial charge >= 0.3 is 0 Å². The van der Waals surface area contributed by atoms with Crippen LogP contribution in [0, 0.1) is 11.8 Å². The predicted octanol–water partition coefficient (Wildman–Crippen LogP) is 2.92. The summed E-state index contributed by atoms with van der Waals surface area (Å²) < 4.78 is 6.46. The molecule has 0 radical (unpaired) electrons. The van der Waals surface area contributed by atoms with Crippen LogP contribution in [0.15, 0.2) is 35.7 Å². The molecule has 3 fully saturated rings. The molecule has 28 heavy (non-hydrogen) atoms. The van der Waals surface area contributed by atoms with E-state index >= 15 is 0 Å². The third-order valence-corrected chi connectivity index (χ3v) is 7.56. The summed E-state index contributed by atoms with van der Waals surface area (Å²) in [6.07, 6.45) is 3.01. The number of likely N-dealkylation sites (tertiary alicyclic amines) is 1. The van der Waals surface area contributed by atoms with Crippen molar-refractivity contribution < 1.29 is 9.53 Å². The average Bonchev–Trinajstić information content (AvgIpc) is 3.43. The van der Waals surface area contributed by atoms with Crippen molar-refractivity contribution >= 4 is 17.2 Å². The summed E-state index contributed by atoms with van der Waals surface area (Å²) in [6.45, 7) is 2.64. The minimum absolute atomic E-state index is 0.0850. The molecule has 3 saturated heterocycles. The first kappa shape index (κ1) is 18.3. The lowest BCUT2D eigenvalue weighted by Gasteiger charge is -2.30. The fourth-order valence-electron chi connectivity index (χ4n) is 5.41. The summed E-state index contributed by atoms with van der Waals surface area (Å²) in [6, 6.07) is 10.2. The van der Waals surface area contributed by atoms with Crippen LogP contribution in [0.25, 0.3) is 10.6 Å². The Bertz CT molecular complexity index is 868. The Morgan fingerprint density at radius 2 is 2.18 bits per heavy atom. The summed E-state index contributed by atoms with van der Waals surface area (Å²) in [5.74, 6) is 1.21. The van der Waals surface area contributed by atoms with E-state index in [1.165, 1.54) is 0 Å². The summed E-state index contributed by atoms with van der Waals surface area (Å²) in [7, 11) is 4.26. The fraction of sp³-hybridized carbons (Fsp3) is 0.545. The minimum atomic E-state index is -0.0850. The SMILES string of the molecule is CN(C)C[C@H]1[C@H]2CN(C(=O)Cc3csc(-c4ccccc4)n3)C[C@]23CC[C@H]1O3. The zero-order valence-corrected chi connectivity index (χ0v) is 17.3. The predicted molar refractivity (Wildman–Crippen MR) is 110 cm³/mol. The Labute approximate surface area is 170 Å². The molecule has 1 amide bonds. The molecular weight excluding hydrogens is 370 g/mol. The molecular formula is C22H27N3O2S. The molecule has 1 spiro atoms. The third kappa shape index (κ3) is 3.08. The first-order valence-corrected chi connectivity index (χ1v) is 11.0. The van der Waals surface area contributed by atoms with Gasteiger partial charge in [0.05, 0.1) is 30.4 Å². The van der Waals surface area contributed by atoms with E-state index in [-0.39, 0.29) is 11.5 Å². The Morgan fingerprint density at radius 1 is 1.36 bits per heavy atom. The van der Waals surface area contributed by atoms with Crippen molar-refractivity contribution in [3.8, 4) is 10.6 Å². The van der Waals surface area contributed by atoms with Crippen molar-refractivity contribution in [1.82, 2.24) is 14.8 Å². The molecule has 3 aliphatic rings. The van der Waals surface area contributed by atoms with E-state index < -0.39 is 0 Å². The van der Waals surface area contributed by atoms with E-state index in [0.29, 0.717) is 24.4 Å². The van der Waals surface area contributed by atoms with Crippen molar-refractivity contribution in [3.63, 3.8) is 0 Å². The van der Waals surface area contributed by atoms with Crippen molar-refractivity contribution in [2.45, 2.75) is 31.0 Å². The van der Waals surface area contributed by atoms with Crippen LogP contribution in [0.2, 0.25) is 0 Å². The highest BCUT2D eigenvalue weighted by atomic mass is 32.1. The molecule has 2 aromatic rings. The first-order chi connectivity index (χ1) is 13.5. The van der Waals surface area contributed by atoms with Crippen molar-refractivity contribution in [2.75, 3.05) is 33.7 Å². The number of fused-ring (bicyclic) bond motifs is 1. The summed E-state index contributed by atoms with van der Waals surface area (Å²) >= 11 is 1.61. The van der Waals surface area contributed by atoms with E-state index in [4.69, 9.17) is 9.72 Å². The van der Waals surface area contributed by atoms with E-state index in [1.54, 1.807) is 11.3 Å². The zero-order valence-electron chi connectivity index (χ0n) is 16.5. The van der Waals surface area contributed by atoms with Crippen LogP contribution in [-0.2, 0) is 16.0 Å². The number of ether oxygens (including phenoxy) is 1. The molecule has 4 atom stereocenters. The average molecular weight is 398 g/mol. The number of carbonyl (C=O) groups is 1. The van der Waals surface area contributed by atoms with Gasteiger partial charge in [-0.05, 0) is 26.9 Å². The number of amides is 1. The van der Waals surface area contributed by atoms with Crippen LogP contribution in [0.5, 0.6) is 0 Å². The molecule has 1 aromatic carbocycles. The molecule has 0 unspecified atom stereocenters. The monoisotopic (exact) mass is 397 g/mol. The maximum Gasteiger partial charge on any atom is 0.228 e. The number of benzene rings is 1. The number of rotatable bonds is 5. The van der Waals surface area contributed by atoms with Gasteiger partial charge in [-0.25, -0.2) is 4.98 Å². The fourth-order valence-corrected chi connectivity index (χ4v) is 6.24. The highest BCUT2D eigenvalue weighted by molar-refractivity contribution is 7.13. The van der Waals surface area contributed by atoms with Crippen LogP contribution in [0.4, 0.5) is 0 Å². The quantitative estimate of drug-likeness (QED) is 0.778. The molecule has 5 nitrogen and oxygen atoms in total. The molecule has 4 heterocycles. The maximum atomic E-state index is 13.0. The van der Waals surface area contributed by atoms with Gasteiger partial charge in [0.15, 0.2) is 0 Å². The van der Waals surface area contributed by atoms with Crippen LogP contribution in [-0.4, -0.2) is 66.1 Å². The molecule has 0 saturated carbocycles. The smallest absolute Gasteiger partial charge is 0.228 e. The molecule has 148 valence electrons. The number of nitrogens with zero attached hydrogens (tertiary/aromatic N) is 3. The topological polar surface area (TPSA) is 45.7 Å². The molecule has 6 heteroatoms. The van der Waals surface area contributed by atoms with Crippen LogP contribution >= 0.6 is 11.3 Å². The Morgan fingerprint density at radius 3 is 2.96 bits per heavy atom. The molecule has 0 N–H and O–H groups in total. The summed E-state index contributed by atoms with van der Waals surface area (Å²) in [4.78, 5) is 22.0. The number of carbonyl (C=O) groups excluding carboxylic acids is 1. The molecule has 2 bridgehead atoms. The summed E-state index contributed by atoms with van der Waals surface area (Å²) in [5, 5.41) is 3.00. The van der Waals surface area contributed by atoms with Gasteiger partial charge in [-0.15, -0.1) is 11.3 Å². The van der Waals surface area contributed by atoms with Gasteiger partial charge in [-0.2, -0.15) is 0 Å². The lowest BCUT2D eigenvalue weighted by Crippen LogP contribution is -2.40. The van der Waals surface area contributed by atoms with Gasteiger partial charge in [-0.1, -0.05) is 30.3 Å². The second-order valence-corrected chi connectivity index (χ2v) is 9.61. The number of hydrogen-bond donors (Lipinski definition) is 0. The van der Waals surface area contributed by atoms with Gasteiger partial charge in [0.1, 0.15) is 5.01 Å². The highest BCUT2D eigenvalue weighted by Crippen LogP contribution is 2.54. The van der Waals surface area contributed by atoms with Crippen molar-refractivity contribution in [2.24, 2.45) is 11.8 Å². The van der Waals surface area contributed by atoms with Gasteiger partial charge < -0.3 is 14.5 Å². The van der Waals surface area contributed by atoms with E-state index in [2.05, 4.69) is 31.1 Å². The standard InChI is InChI=1S/C22H27N3O2S/c1-24(2)11-17-18-12-25(14-22(18)9-8-19(17)27-22)20(26)10-16-13-28-21(23-16)15-6-4-3-5-7-15/h3-7,13,17-19H,8-12,14H2,1-2H3/t17-,18+,19+,22+/m0/s1. The maximum absolute atomic E-state index is 13.0. The normalized spacial score (nSPS) is 31.0. The van der Waals surface area contributed by atoms with E-state index in [9.17, 15) is 4.79 Å². The van der Waals surface area contributed by atoms with E-state index in [0.717, 1.165) is 48.7 Å². The number of hydrogen-bond acceptors (Lipinski definition) is 5. The molecule has 1 aromatic heterocycles. The lowest BCUT2D eigenvalue weighted by atomic mass is 9.73. The second kappa shape index (κ2) is 6.94. The largest absolute Gasteiger partial charge is 0.369 e. The minimum Gasteiger partial charge on any atom is -0.369 e. The highest BCUT2D eigenvalue weighted by Gasteiger charge is 2.63. The second-order valence-electron chi connectivity index (χ2n) is 8.75. The Hall–Kier alpha value is -1.76. The first-order valence-electron chi connectivity index (χ1n) is 10.1. The summed E-state index contributed by atoms with van der Waals surface area (Å²) in [5.41, 5.74) is 1.90. The van der Waals surface area contributed by atoms with E-state index in [1.807, 2.05) is 28.5 Å². The molecule has 0 aliphatic carbocycles. The molecule has 5 rings (SSSR count). The van der Waals surface area contributed by atoms with Crippen LogP contribution < -0.4 is 0 Å². The van der Waals surface area contributed by atoms with Crippen LogP contribution in [0.1, 0.15) is 18.5 Å². The zero-order chi connectivity index (χ0) is 19.3. The van der Waals surface area contributed by atoms with Crippen molar-refractivity contribution in [1.29, 1.82) is 0 Å². The number of thiazole rings is 1. The van der Waals surface area contributed by atoms with Gasteiger partial charge in [-0.3, -0.25) is 4.79 Å². The third-order valence-electron chi connectivity index (χ3n) is 6.62. The van der Waals surface area contributed by atoms with Crippen molar-refractivity contribution in [3.05, 3.63) is 41.4 Å². The lowest BCUT2D eigenvalue weighted by molar-refractivity contribution is -0.131. The number of aromatic nitrogens is 1. The Balaban J connectivity index is 1.27. The van der Waals surface area contributed by atoms with Gasteiger partial charge in [0, 0.05) is 35.9 Å². The van der Waals surface area contributed by atoms with Crippen LogP contribution in [0.3, 0.4) is 0 Å². The Kier molecular flexibility index (Phi) is 4.53. The van der Waals surface area contributed by atoms with Gasteiger partial charge in [0.25, 0.3) is 0 Å². The molecule has 3 aliphatic heterocycles.